The molecule has 20 heavy (non-hydrogen) atoms. The summed E-state index contributed by atoms with van der Waals surface area (Å²) >= 11 is 0. The van der Waals surface area contributed by atoms with E-state index < -0.39 is 0 Å². The molecule has 2 nitrogen and oxygen atoms in total. The molecule has 0 amide bonds. The number of aliphatic hydroxyl groups is 1. The van der Waals surface area contributed by atoms with Crippen LogP contribution >= 0.6 is 0 Å². The lowest BCUT2D eigenvalue weighted by atomic mass is 9.96. The molecule has 0 aromatic rings. The molecular formula is C18H39NO. The Hall–Kier alpha value is -0.340. The van der Waals surface area contributed by atoms with Crippen LogP contribution in [0.3, 0.4) is 0 Å². The number of rotatable bonds is 10. The van der Waals surface area contributed by atoms with Crippen molar-refractivity contribution in [1.82, 2.24) is 5.32 Å². The number of nitrogens with one attached hydrogen (secondary N) is 1. The lowest BCUT2D eigenvalue weighted by Crippen LogP contribution is -2.21. The van der Waals surface area contributed by atoms with Gasteiger partial charge in [-0.3, -0.25) is 0 Å². The summed E-state index contributed by atoms with van der Waals surface area (Å²) in [5.41, 5.74) is 1.32. The van der Waals surface area contributed by atoms with Crippen molar-refractivity contribution in [2.24, 2.45) is 11.8 Å². The van der Waals surface area contributed by atoms with Crippen LogP contribution in [-0.4, -0.2) is 24.3 Å². The first-order chi connectivity index (χ1) is 9.37. The summed E-state index contributed by atoms with van der Waals surface area (Å²) < 4.78 is 0. The highest BCUT2D eigenvalue weighted by Crippen LogP contribution is 2.16. The van der Waals surface area contributed by atoms with Crippen LogP contribution in [0.5, 0.6) is 0 Å². The van der Waals surface area contributed by atoms with Crippen molar-refractivity contribution in [3.8, 4) is 0 Å². The summed E-state index contributed by atoms with van der Waals surface area (Å²) in [5, 5.41) is 12.6. The standard InChI is InChI=1S/C9H21NO.C9H18/c1-4-10-6-5-9(11)7-8(2)3;1-5-9(6-2)7-8(3)4/h8-11H,4-7H2,1-3H3;9H,3,5-7H2,1-2,4H3. The van der Waals surface area contributed by atoms with Gasteiger partial charge in [0, 0.05) is 0 Å². The minimum absolute atomic E-state index is 0.117. The van der Waals surface area contributed by atoms with Crippen molar-refractivity contribution in [2.45, 2.75) is 79.8 Å². The smallest absolute Gasteiger partial charge is 0.0554 e. The van der Waals surface area contributed by atoms with Gasteiger partial charge in [-0.15, -0.1) is 6.58 Å². The highest BCUT2D eigenvalue weighted by atomic mass is 16.3. The van der Waals surface area contributed by atoms with Crippen molar-refractivity contribution in [3.63, 3.8) is 0 Å². The van der Waals surface area contributed by atoms with Crippen LogP contribution in [-0.2, 0) is 0 Å². The van der Waals surface area contributed by atoms with E-state index in [-0.39, 0.29) is 6.10 Å². The Balaban J connectivity index is 0. The van der Waals surface area contributed by atoms with Crippen LogP contribution in [0, 0.1) is 11.8 Å². The quantitative estimate of drug-likeness (QED) is 0.447. The molecule has 0 aliphatic rings. The summed E-state index contributed by atoms with van der Waals surface area (Å²) in [5.74, 6) is 1.48. The highest BCUT2D eigenvalue weighted by Gasteiger charge is 2.05. The zero-order chi connectivity index (χ0) is 16.0. The van der Waals surface area contributed by atoms with Gasteiger partial charge in [-0.25, -0.2) is 0 Å². The zero-order valence-electron chi connectivity index (χ0n) is 14.8. The van der Waals surface area contributed by atoms with Crippen LogP contribution in [0.25, 0.3) is 0 Å². The highest BCUT2D eigenvalue weighted by molar-refractivity contribution is 4.89. The first-order valence-electron chi connectivity index (χ1n) is 8.40. The molecular weight excluding hydrogens is 246 g/mol. The van der Waals surface area contributed by atoms with Gasteiger partial charge in [0.15, 0.2) is 0 Å². The van der Waals surface area contributed by atoms with Gasteiger partial charge in [0.25, 0.3) is 0 Å². The Bertz CT molecular complexity index is 209. The first-order valence-corrected chi connectivity index (χ1v) is 8.40. The number of aliphatic hydroxyl groups excluding tert-OH is 1. The van der Waals surface area contributed by atoms with Crippen LogP contribution in [0.1, 0.15) is 73.6 Å². The summed E-state index contributed by atoms with van der Waals surface area (Å²) in [6.07, 6.45) is 5.49. The summed E-state index contributed by atoms with van der Waals surface area (Å²) in [6, 6.07) is 0. The molecule has 122 valence electrons. The minimum atomic E-state index is -0.117. The van der Waals surface area contributed by atoms with Crippen molar-refractivity contribution >= 4 is 0 Å². The molecule has 0 saturated heterocycles. The van der Waals surface area contributed by atoms with E-state index in [1.54, 1.807) is 0 Å². The molecule has 2 N–H and O–H groups in total. The van der Waals surface area contributed by atoms with Gasteiger partial charge in [-0.1, -0.05) is 53.0 Å². The van der Waals surface area contributed by atoms with Crippen molar-refractivity contribution in [1.29, 1.82) is 0 Å². The van der Waals surface area contributed by atoms with Crippen molar-refractivity contribution < 1.29 is 5.11 Å². The van der Waals surface area contributed by atoms with E-state index in [0.29, 0.717) is 5.92 Å². The van der Waals surface area contributed by atoms with Gasteiger partial charge < -0.3 is 10.4 Å². The fourth-order valence-corrected chi connectivity index (χ4v) is 2.18. The van der Waals surface area contributed by atoms with Gasteiger partial charge in [0.05, 0.1) is 6.10 Å². The average Bonchev–Trinajstić information content (AvgIpc) is 2.36. The lowest BCUT2D eigenvalue weighted by Gasteiger charge is -2.12. The predicted octanol–water partition coefficient (Wildman–Crippen LogP) is 4.78. The van der Waals surface area contributed by atoms with E-state index in [2.05, 4.69) is 53.4 Å². The third kappa shape index (κ3) is 17.7. The molecule has 2 heteroatoms. The van der Waals surface area contributed by atoms with Crippen molar-refractivity contribution in [3.05, 3.63) is 12.2 Å². The van der Waals surface area contributed by atoms with Crippen molar-refractivity contribution in [2.75, 3.05) is 13.1 Å². The van der Waals surface area contributed by atoms with E-state index in [1.807, 2.05) is 0 Å². The molecule has 0 fully saturated rings. The predicted molar refractivity (Wildman–Crippen MR) is 92.1 cm³/mol. The molecule has 0 aromatic carbocycles. The Morgan fingerprint density at radius 3 is 2.00 bits per heavy atom. The molecule has 0 heterocycles. The molecule has 0 aromatic heterocycles. The fourth-order valence-electron chi connectivity index (χ4n) is 2.18. The fraction of sp³-hybridized carbons (Fsp3) is 0.889. The first kappa shape index (κ1) is 21.9. The zero-order valence-corrected chi connectivity index (χ0v) is 14.8. The van der Waals surface area contributed by atoms with E-state index in [4.69, 9.17) is 0 Å². The van der Waals surface area contributed by atoms with Crippen LogP contribution in [0.2, 0.25) is 0 Å². The largest absolute Gasteiger partial charge is 0.393 e. The molecule has 0 bridgehead atoms. The Kier molecular flexibility index (Phi) is 16.5. The third-order valence-corrected chi connectivity index (χ3v) is 3.44. The third-order valence-electron chi connectivity index (χ3n) is 3.44. The summed E-state index contributed by atoms with van der Waals surface area (Å²) in [4.78, 5) is 0. The second-order valence-electron chi connectivity index (χ2n) is 6.27. The maximum atomic E-state index is 9.41. The average molecular weight is 286 g/mol. The molecule has 0 rings (SSSR count). The molecule has 1 unspecified atom stereocenters. The van der Waals surface area contributed by atoms with E-state index in [9.17, 15) is 5.11 Å². The number of hydrogen-bond acceptors (Lipinski definition) is 2. The summed E-state index contributed by atoms with van der Waals surface area (Å²) in [6.45, 7) is 18.8. The maximum absolute atomic E-state index is 9.41. The van der Waals surface area contributed by atoms with Gasteiger partial charge in [-0.2, -0.15) is 0 Å². The van der Waals surface area contributed by atoms with Gasteiger partial charge in [-0.05, 0) is 51.1 Å². The second-order valence-corrected chi connectivity index (χ2v) is 6.27. The van der Waals surface area contributed by atoms with E-state index >= 15 is 0 Å². The maximum Gasteiger partial charge on any atom is 0.0554 e. The number of allylic oxidation sites excluding steroid dienone is 1. The van der Waals surface area contributed by atoms with Crippen LogP contribution in [0.4, 0.5) is 0 Å². The summed E-state index contributed by atoms with van der Waals surface area (Å²) in [7, 11) is 0. The molecule has 0 aliphatic carbocycles. The lowest BCUT2D eigenvalue weighted by molar-refractivity contribution is 0.139. The van der Waals surface area contributed by atoms with Gasteiger partial charge >= 0.3 is 0 Å². The Morgan fingerprint density at radius 2 is 1.70 bits per heavy atom. The topological polar surface area (TPSA) is 32.3 Å². The van der Waals surface area contributed by atoms with E-state index in [0.717, 1.165) is 31.8 Å². The molecule has 0 radical (unpaired) electrons. The Labute approximate surface area is 128 Å². The number of hydrogen-bond donors (Lipinski definition) is 2. The molecule has 0 saturated carbocycles. The van der Waals surface area contributed by atoms with Crippen LogP contribution < -0.4 is 5.32 Å². The molecule has 0 spiro atoms. The minimum Gasteiger partial charge on any atom is -0.393 e. The van der Waals surface area contributed by atoms with Gasteiger partial charge in [0.2, 0.25) is 0 Å². The normalized spacial score (nSPS) is 12.2. The van der Waals surface area contributed by atoms with Crippen LogP contribution in [0.15, 0.2) is 12.2 Å². The second kappa shape index (κ2) is 15.1. The molecule has 1 atom stereocenters. The van der Waals surface area contributed by atoms with Gasteiger partial charge in [0.1, 0.15) is 0 Å². The SMILES string of the molecule is C=C(C)CC(CC)CC.CCNCCC(O)CC(C)C. The van der Waals surface area contributed by atoms with E-state index in [1.165, 1.54) is 24.8 Å². The Morgan fingerprint density at radius 1 is 1.15 bits per heavy atom. The molecule has 0 aliphatic heterocycles. The monoisotopic (exact) mass is 285 g/mol.